The van der Waals surface area contributed by atoms with Gasteiger partial charge in [0.1, 0.15) is 5.69 Å². The van der Waals surface area contributed by atoms with E-state index in [0.717, 1.165) is 19.4 Å². The van der Waals surface area contributed by atoms with E-state index in [4.69, 9.17) is 4.74 Å². The Bertz CT molecular complexity index is 543. The van der Waals surface area contributed by atoms with E-state index < -0.39 is 0 Å². The summed E-state index contributed by atoms with van der Waals surface area (Å²) in [6, 6.07) is 14.2. The lowest BCUT2D eigenvalue weighted by Gasteiger charge is -2.10. The Hall–Kier alpha value is -2.03. The first-order chi connectivity index (χ1) is 9.26. The molecule has 0 aliphatic heterocycles. The highest BCUT2D eigenvalue weighted by atomic mass is 16.5. The van der Waals surface area contributed by atoms with E-state index >= 15 is 0 Å². The average molecular weight is 257 g/mol. The van der Waals surface area contributed by atoms with E-state index in [1.54, 1.807) is 0 Å². The molecule has 0 saturated heterocycles. The normalized spacial score (nSPS) is 10.4. The van der Waals surface area contributed by atoms with E-state index in [-0.39, 0.29) is 5.97 Å². The van der Waals surface area contributed by atoms with Gasteiger partial charge in [-0.15, -0.1) is 0 Å². The molecule has 0 spiro atoms. The minimum absolute atomic E-state index is 0.271. The first-order valence-corrected chi connectivity index (χ1v) is 6.57. The van der Waals surface area contributed by atoms with Crippen LogP contribution in [-0.4, -0.2) is 17.6 Å². The van der Waals surface area contributed by atoms with Gasteiger partial charge in [-0.3, -0.25) is 0 Å². The van der Waals surface area contributed by atoms with Crippen LogP contribution in [0.15, 0.2) is 42.5 Å². The quantitative estimate of drug-likeness (QED) is 0.771. The summed E-state index contributed by atoms with van der Waals surface area (Å²) in [6.45, 7) is 2.82. The molecule has 0 amide bonds. The molecule has 3 nitrogen and oxygen atoms in total. The summed E-state index contributed by atoms with van der Waals surface area (Å²) in [6.07, 6.45) is 1.90. The molecule has 0 saturated carbocycles. The number of esters is 1. The molecule has 0 atom stereocenters. The molecule has 2 aromatic rings. The van der Waals surface area contributed by atoms with Crippen molar-refractivity contribution in [2.45, 2.75) is 26.3 Å². The smallest absolute Gasteiger partial charge is 0.354 e. The van der Waals surface area contributed by atoms with Gasteiger partial charge in [0, 0.05) is 12.2 Å². The standard InChI is InChI=1S/C16H19NO2/c1-3-17-14(11-12-15(17)16(18)19-2)10-9-13-7-5-4-6-8-13/h4-8,11-12H,3,9-10H2,1-2H3. The van der Waals surface area contributed by atoms with E-state index in [1.807, 2.05) is 41.8 Å². The Kier molecular flexibility index (Phi) is 4.39. The molecule has 1 aromatic heterocycles. The zero-order valence-corrected chi connectivity index (χ0v) is 11.4. The number of aromatic nitrogens is 1. The van der Waals surface area contributed by atoms with Crippen molar-refractivity contribution in [1.29, 1.82) is 0 Å². The van der Waals surface area contributed by atoms with Gasteiger partial charge in [0.2, 0.25) is 0 Å². The number of nitrogens with zero attached hydrogens (tertiary/aromatic N) is 1. The summed E-state index contributed by atoms with van der Waals surface area (Å²) >= 11 is 0. The first-order valence-electron chi connectivity index (χ1n) is 6.57. The number of rotatable bonds is 5. The van der Waals surface area contributed by atoms with Gasteiger partial charge in [-0.25, -0.2) is 4.79 Å². The fraction of sp³-hybridized carbons (Fsp3) is 0.312. The molecule has 1 heterocycles. The zero-order valence-electron chi connectivity index (χ0n) is 11.4. The predicted molar refractivity (Wildman–Crippen MR) is 75.3 cm³/mol. The number of ether oxygens (including phenoxy) is 1. The largest absolute Gasteiger partial charge is 0.464 e. The van der Waals surface area contributed by atoms with Crippen LogP contribution in [0.2, 0.25) is 0 Å². The minimum atomic E-state index is -0.271. The third-order valence-electron chi connectivity index (χ3n) is 3.29. The van der Waals surface area contributed by atoms with Gasteiger partial charge in [0.05, 0.1) is 7.11 Å². The van der Waals surface area contributed by atoms with Gasteiger partial charge >= 0.3 is 5.97 Å². The highest BCUT2D eigenvalue weighted by molar-refractivity contribution is 5.87. The molecule has 0 N–H and O–H groups in total. The molecule has 0 unspecified atom stereocenters. The summed E-state index contributed by atoms with van der Waals surface area (Å²) in [7, 11) is 1.42. The number of hydrogen-bond donors (Lipinski definition) is 0. The summed E-state index contributed by atoms with van der Waals surface area (Å²) in [5.41, 5.74) is 3.12. The highest BCUT2D eigenvalue weighted by Crippen LogP contribution is 2.13. The lowest BCUT2D eigenvalue weighted by Crippen LogP contribution is -2.12. The maximum absolute atomic E-state index is 11.6. The van der Waals surface area contributed by atoms with Crippen LogP contribution in [0.25, 0.3) is 0 Å². The average Bonchev–Trinajstić information content (AvgIpc) is 2.88. The van der Waals surface area contributed by atoms with E-state index in [1.165, 1.54) is 18.4 Å². The third-order valence-corrected chi connectivity index (χ3v) is 3.29. The van der Waals surface area contributed by atoms with Crippen LogP contribution in [0.3, 0.4) is 0 Å². The van der Waals surface area contributed by atoms with Crippen LogP contribution in [0, 0.1) is 0 Å². The van der Waals surface area contributed by atoms with E-state index in [2.05, 4.69) is 12.1 Å². The van der Waals surface area contributed by atoms with Crippen LogP contribution in [0.1, 0.15) is 28.7 Å². The number of benzene rings is 1. The van der Waals surface area contributed by atoms with Crippen molar-refractivity contribution < 1.29 is 9.53 Å². The Morgan fingerprint density at radius 3 is 2.47 bits per heavy atom. The summed E-state index contributed by atoms with van der Waals surface area (Å²) < 4.78 is 6.82. The predicted octanol–water partition coefficient (Wildman–Crippen LogP) is 3.08. The molecule has 2 rings (SSSR count). The number of hydrogen-bond acceptors (Lipinski definition) is 2. The van der Waals surface area contributed by atoms with Crippen molar-refractivity contribution in [3.8, 4) is 0 Å². The maximum Gasteiger partial charge on any atom is 0.354 e. The van der Waals surface area contributed by atoms with Crippen LogP contribution in [-0.2, 0) is 24.1 Å². The van der Waals surface area contributed by atoms with Crippen molar-refractivity contribution >= 4 is 5.97 Å². The molecule has 0 fully saturated rings. The van der Waals surface area contributed by atoms with Crippen molar-refractivity contribution in [3.63, 3.8) is 0 Å². The van der Waals surface area contributed by atoms with Gasteiger partial charge in [0.25, 0.3) is 0 Å². The van der Waals surface area contributed by atoms with Crippen molar-refractivity contribution in [2.75, 3.05) is 7.11 Å². The van der Waals surface area contributed by atoms with Crippen LogP contribution in [0.5, 0.6) is 0 Å². The lowest BCUT2D eigenvalue weighted by atomic mass is 10.1. The molecule has 0 bridgehead atoms. The van der Waals surface area contributed by atoms with Crippen LogP contribution < -0.4 is 0 Å². The molecular weight excluding hydrogens is 238 g/mol. The Balaban J connectivity index is 2.13. The maximum atomic E-state index is 11.6. The van der Waals surface area contributed by atoms with E-state index in [0.29, 0.717) is 5.69 Å². The SMILES string of the molecule is CCn1c(CCc2ccccc2)ccc1C(=O)OC. The number of methoxy groups -OCH3 is 1. The van der Waals surface area contributed by atoms with Gasteiger partial charge in [-0.2, -0.15) is 0 Å². The second-order valence-electron chi connectivity index (χ2n) is 4.43. The van der Waals surface area contributed by atoms with E-state index in [9.17, 15) is 4.79 Å². The van der Waals surface area contributed by atoms with Crippen LogP contribution >= 0.6 is 0 Å². The minimum Gasteiger partial charge on any atom is -0.464 e. The van der Waals surface area contributed by atoms with Crippen molar-refractivity contribution in [2.24, 2.45) is 0 Å². The Labute approximate surface area is 113 Å². The molecule has 100 valence electrons. The molecule has 19 heavy (non-hydrogen) atoms. The fourth-order valence-electron chi connectivity index (χ4n) is 2.30. The lowest BCUT2D eigenvalue weighted by molar-refractivity contribution is 0.0588. The monoisotopic (exact) mass is 257 g/mol. The van der Waals surface area contributed by atoms with Gasteiger partial charge in [-0.05, 0) is 37.5 Å². The number of aryl methyl sites for hydroxylation is 2. The highest BCUT2D eigenvalue weighted by Gasteiger charge is 2.13. The Morgan fingerprint density at radius 2 is 1.84 bits per heavy atom. The second-order valence-corrected chi connectivity index (χ2v) is 4.43. The number of carbonyl (C=O) groups excluding carboxylic acids is 1. The molecule has 1 aromatic carbocycles. The Morgan fingerprint density at radius 1 is 1.11 bits per heavy atom. The zero-order chi connectivity index (χ0) is 13.7. The molecular formula is C16H19NO2. The second kappa shape index (κ2) is 6.23. The molecule has 0 aliphatic carbocycles. The van der Waals surface area contributed by atoms with Gasteiger partial charge in [-0.1, -0.05) is 30.3 Å². The third kappa shape index (κ3) is 3.05. The molecule has 3 heteroatoms. The topological polar surface area (TPSA) is 31.2 Å². The first kappa shape index (κ1) is 13.4. The molecule has 0 aliphatic rings. The van der Waals surface area contributed by atoms with Gasteiger partial charge in [0.15, 0.2) is 0 Å². The van der Waals surface area contributed by atoms with Crippen molar-refractivity contribution in [3.05, 3.63) is 59.4 Å². The van der Waals surface area contributed by atoms with Crippen molar-refractivity contribution in [1.82, 2.24) is 4.57 Å². The summed E-state index contributed by atoms with van der Waals surface area (Å²) in [5.74, 6) is -0.271. The molecule has 0 radical (unpaired) electrons. The summed E-state index contributed by atoms with van der Waals surface area (Å²) in [4.78, 5) is 11.6. The van der Waals surface area contributed by atoms with Crippen LogP contribution in [0.4, 0.5) is 0 Å². The number of carbonyl (C=O) groups is 1. The summed E-state index contributed by atoms with van der Waals surface area (Å²) in [5, 5.41) is 0. The fourth-order valence-corrected chi connectivity index (χ4v) is 2.30. The van der Waals surface area contributed by atoms with Gasteiger partial charge < -0.3 is 9.30 Å².